The van der Waals surface area contributed by atoms with Crippen molar-refractivity contribution in [2.75, 3.05) is 6.54 Å². The molecule has 1 heterocycles. The summed E-state index contributed by atoms with van der Waals surface area (Å²) < 4.78 is 0. The molecule has 0 aliphatic rings. The van der Waals surface area contributed by atoms with Gasteiger partial charge in [0.1, 0.15) is 0 Å². The maximum atomic E-state index is 6.28. The van der Waals surface area contributed by atoms with Gasteiger partial charge >= 0.3 is 0 Å². The molecule has 1 N–H and O–H groups in total. The third kappa shape index (κ3) is 3.07. The Morgan fingerprint density at radius 3 is 2.67 bits per heavy atom. The third-order valence-electron chi connectivity index (χ3n) is 2.72. The minimum absolute atomic E-state index is 0.758. The highest BCUT2D eigenvalue weighted by Gasteiger charge is 2.09. The predicted octanol–water partition coefficient (Wildman–Crippen LogP) is 5.14. The first-order valence-electron chi connectivity index (χ1n) is 5.87. The normalized spacial score (nSPS) is 10.9. The highest BCUT2D eigenvalue weighted by atomic mass is 35.5. The summed E-state index contributed by atoms with van der Waals surface area (Å²) in [6.07, 6.45) is 0. The Morgan fingerprint density at radius 1 is 1.17 bits per heavy atom. The van der Waals surface area contributed by atoms with E-state index in [1.807, 2.05) is 19.1 Å². The molecule has 0 aliphatic heterocycles. The van der Waals surface area contributed by atoms with Crippen molar-refractivity contribution in [3.8, 4) is 10.4 Å². The van der Waals surface area contributed by atoms with Gasteiger partial charge in [-0.25, -0.2) is 0 Å². The van der Waals surface area contributed by atoms with Gasteiger partial charge in [0.2, 0.25) is 0 Å². The van der Waals surface area contributed by atoms with Gasteiger partial charge in [-0.2, -0.15) is 0 Å². The Bertz CT molecular complexity index is 549. The molecular weight excluding hydrogens is 285 g/mol. The SMILES string of the molecule is CCNCc1ccc(-c2cc(Cl)c(C)cc2Cl)s1. The molecule has 1 aromatic carbocycles. The Balaban J connectivity index is 2.31. The third-order valence-corrected chi connectivity index (χ3v) is 4.56. The van der Waals surface area contributed by atoms with Crippen LogP contribution >= 0.6 is 34.5 Å². The summed E-state index contributed by atoms with van der Waals surface area (Å²) in [5.74, 6) is 0. The lowest BCUT2D eigenvalue weighted by atomic mass is 10.1. The first kappa shape index (κ1) is 13.9. The first-order chi connectivity index (χ1) is 8.61. The van der Waals surface area contributed by atoms with Crippen LogP contribution in [0.3, 0.4) is 0 Å². The molecule has 0 radical (unpaired) electrons. The maximum Gasteiger partial charge on any atom is 0.0496 e. The van der Waals surface area contributed by atoms with E-state index in [9.17, 15) is 0 Å². The Kier molecular flexibility index (Phi) is 4.68. The fourth-order valence-electron chi connectivity index (χ4n) is 1.70. The average molecular weight is 300 g/mol. The molecule has 0 saturated carbocycles. The second-order valence-corrected chi connectivity index (χ2v) is 6.11. The van der Waals surface area contributed by atoms with Crippen LogP contribution in [0.15, 0.2) is 24.3 Å². The summed E-state index contributed by atoms with van der Waals surface area (Å²) >= 11 is 14.2. The second kappa shape index (κ2) is 6.07. The zero-order valence-corrected chi connectivity index (χ0v) is 12.7. The van der Waals surface area contributed by atoms with Gasteiger partial charge in [0, 0.05) is 31.9 Å². The minimum atomic E-state index is 0.758. The van der Waals surface area contributed by atoms with Gasteiger partial charge in [-0.05, 0) is 43.3 Å². The van der Waals surface area contributed by atoms with Crippen molar-refractivity contribution in [3.05, 3.63) is 44.8 Å². The molecule has 0 aliphatic carbocycles. The van der Waals surface area contributed by atoms with E-state index >= 15 is 0 Å². The molecule has 2 rings (SSSR count). The van der Waals surface area contributed by atoms with Crippen LogP contribution in [0.2, 0.25) is 10.0 Å². The number of aryl methyl sites for hydroxylation is 1. The number of rotatable bonds is 4. The van der Waals surface area contributed by atoms with Crippen LogP contribution in [-0.4, -0.2) is 6.54 Å². The van der Waals surface area contributed by atoms with Crippen LogP contribution in [-0.2, 0) is 6.54 Å². The number of halogens is 2. The maximum absolute atomic E-state index is 6.28. The van der Waals surface area contributed by atoms with Crippen molar-refractivity contribution in [1.29, 1.82) is 0 Å². The van der Waals surface area contributed by atoms with E-state index < -0.39 is 0 Å². The van der Waals surface area contributed by atoms with Gasteiger partial charge < -0.3 is 5.32 Å². The average Bonchev–Trinajstić information content (AvgIpc) is 2.79. The van der Waals surface area contributed by atoms with Crippen molar-refractivity contribution in [2.45, 2.75) is 20.4 Å². The molecule has 0 fully saturated rings. The standard InChI is InChI=1S/C14H15Cl2NS/c1-3-17-8-10-4-5-14(18-10)11-7-12(15)9(2)6-13(11)16/h4-7,17H,3,8H2,1-2H3. The van der Waals surface area contributed by atoms with Gasteiger partial charge in [0.25, 0.3) is 0 Å². The lowest BCUT2D eigenvalue weighted by molar-refractivity contribution is 0.735. The number of hydrogen-bond acceptors (Lipinski definition) is 2. The van der Waals surface area contributed by atoms with Crippen LogP contribution in [0, 0.1) is 6.92 Å². The Morgan fingerprint density at radius 2 is 1.94 bits per heavy atom. The molecule has 1 nitrogen and oxygen atoms in total. The van der Waals surface area contributed by atoms with Crippen LogP contribution < -0.4 is 5.32 Å². The van der Waals surface area contributed by atoms with Crippen molar-refractivity contribution in [3.63, 3.8) is 0 Å². The van der Waals surface area contributed by atoms with E-state index in [1.54, 1.807) is 11.3 Å². The van der Waals surface area contributed by atoms with Crippen LogP contribution in [0.4, 0.5) is 0 Å². The lowest BCUT2D eigenvalue weighted by Gasteiger charge is -2.05. The molecule has 4 heteroatoms. The van der Waals surface area contributed by atoms with E-state index in [0.29, 0.717) is 0 Å². The molecule has 0 bridgehead atoms. The van der Waals surface area contributed by atoms with Gasteiger partial charge in [0.15, 0.2) is 0 Å². The van der Waals surface area contributed by atoms with Gasteiger partial charge in [-0.3, -0.25) is 0 Å². The van der Waals surface area contributed by atoms with E-state index in [-0.39, 0.29) is 0 Å². The van der Waals surface area contributed by atoms with Crippen molar-refractivity contribution < 1.29 is 0 Å². The van der Waals surface area contributed by atoms with Crippen molar-refractivity contribution >= 4 is 34.5 Å². The van der Waals surface area contributed by atoms with Gasteiger partial charge in [-0.15, -0.1) is 11.3 Å². The summed E-state index contributed by atoms with van der Waals surface area (Å²) in [7, 11) is 0. The zero-order chi connectivity index (χ0) is 13.1. The van der Waals surface area contributed by atoms with Crippen LogP contribution in [0.25, 0.3) is 10.4 Å². The van der Waals surface area contributed by atoms with Crippen LogP contribution in [0.1, 0.15) is 17.4 Å². The molecule has 0 saturated heterocycles. The Hall–Kier alpha value is -0.540. The van der Waals surface area contributed by atoms with E-state index in [4.69, 9.17) is 23.2 Å². The first-order valence-corrected chi connectivity index (χ1v) is 7.44. The number of benzene rings is 1. The molecule has 2 aromatic rings. The second-order valence-electron chi connectivity index (χ2n) is 4.13. The molecule has 1 aromatic heterocycles. The van der Waals surface area contributed by atoms with E-state index in [2.05, 4.69) is 24.4 Å². The lowest BCUT2D eigenvalue weighted by Crippen LogP contribution is -2.10. The molecule has 96 valence electrons. The Labute approximate surface area is 122 Å². The zero-order valence-electron chi connectivity index (χ0n) is 10.4. The number of thiophene rings is 1. The molecule has 0 atom stereocenters. The van der Waals surface area contributed by atoms with E-state index in [0.717, 1.165) is 39.1 Å². The fourth-order valence-corrected chi connectivity index (χ4v) is 3.25. The largest absolute Gasteiger partial charge is 0.312 e. The predicted molar refractivity (Wildman–Crippen MR) is 81.9 cm³/mol. The topological polar surface area (TPSA) is 12.0 Å². The minimum Gasteiger partial charge on any atom is -0.312 e. The molecule has 0 amide bonds. The molecule has 0 unspecified atom stereocenters. The van der Waals surface area contributed by atoms with Crippen molar-refractivity contribution in [2.24, 2.45) is 0 Å². The van der Waals surface area contributed by atoms with Crippen molar-refractivity contribution in [1.82, 2.24) is 5.32 Å². The summed E-state index contributed by atoms with van der Waals surface area (Å²) in [6, 6.07) is 8.10. The van der Waals surface area contributed by atoms with E-state index in [1.165, 1.54) is 4.88 Å². The molecule has 0 spiro atoms. The van der Waals surface area contributed by atoms with Crippen LogP contribution in [0.5, 0.6) is 0 Å². The fraction of sp³-hybridized carbons (Fsp3) is 0.286. The molecule has 18 heavy (non-hydrogen) atoms. The smallest absolute Gasteiger partial charge is 0.0496 e. The summed E-state index contributed by atoms with van der Waals surface area (Å²) in [5, 5.41) is 4.83. The summed E-state index contributed by atoms with van der Waals surface area (Å²) in [6.45, 7) is 5.94. The number of hydrogen-bond donors (Lipinski definition) is 1. The highest BCUT2D eigenvalue weighted by Crippen LogP contribution is 2.36. The summed E-state index contributed by atoms with van der Waals surface area (Å²) in [4.78, 5) is 2.47. The summed E-state index contributed by atoms with van der Waals surface area (Å²) in [5.41, 5.74) is 2.02. The van der Waals surface area contributed by atoms with Gasteiger partial charge in [-0.1, -0.05) is 30.1 Å². The molecular formula is C14H15Cl2NS. The monoisotopic (exact) mass is 299 g/mol. The van der Waals surface area contributed by atoms with Gasteiger partial charge in [0.05, 0.1) is 0 Å². The highest BCUT2D eigenvalue weighted by molar-refractivity contribution is 7.15. The quantitative estimate of drug-likeness (QED) is 0.824. The number of nitrogens with one attached hydrogen (secondary N) is 1.